The third kappa shape index (κ3) is 4.89. The van der Waals surface area contributed by atoms with Gasteiger partial charge in [-0.15, -0.1) is 0 Å². The molecule has 1 nitrogen and oxygen atoms in total. The Bertz CT molecular complexity index is 410. The first kappa shape index (κ1) is 16.0. The highest BCUT2D eigenvalue weighted by molar-refractivity contribution is 9.10. The van der Waals surface area contributed by atoms with Gasteiger partial charge in [-0.2, -0.15) is 0 Å². The third-order valence-electron chi connectivity index (χ3n) is 4.40. The van der Waals surface area contributed by atoms with Crippen molar-refractivity contribution in [1.29, 1.82) is 0 Å². The minimum atomic E-state index is 0.212. The molecule has 0 radical (unpaired) electrons. The predicted molar refractivity (Wildman–Crippen MR) is 91.1 cm³/mol. The van der Waals surface area contributed by atoms with Crippen molar-refractivity contribution in [2.75, 3.05) is 6.54 Å². The van der Waals surface area contributed by atoms with Gasteiger partial charge < -0.3 is 5.32 Å². The van der Waals surface area contributed by atoms with Crippen molar-refractivity contribution in [1.82, 2.24) is 5.32 Å². The zero-order valence-electron chi connectivity index (χ0n) is 13.1. The molecule has 0 aliphatic heterocycles. The van der Waals surface area contributed by atoms with E-state index in [1.807, 2.05) is 0 Å². The van der Waals surface area contributed by atoms with Crippen LogP contribution in [-0.4, -0.2) is 12.1 Å². The van der Waals surface area contributed by atoms with Crippen LogP contribution in [0, 0.1) is 5.41 Å². The lowest BCUT2D eigenvalue weighted by Gasteiger charge is -2.40. The number of nitrogens with one attached hydrogen (secondary N) is 1. The summed E-state index contributed by atoms with van der Waals surface area (Å²) in [7, 11) is 0. The normalized spacial score (nSPS) is 19.0. The van der Waals surface area contributed by atoms with Crippen LogP contribution < -0.4 is 5.32 Å². The number of hydrogen-bond donors (Lipinski definition) is 1. The van der Waals surface area contributed by atoms with Crippen LogP contribution in [0.25, 0.3) is 0 Å². The number of rotatable bonds is 4. The van der Waals surface area contributed by atoms with Gasteiger partial charge in [0.15, 0.2) is 0 Å². The molecule has 1 aliphatic carbocycles. The van der Waals surface area contributed by atoms with E-state index in [2.05, 4.69) is 66.3 Å². The highest BCUT2D eigenvalue weighted by Crippen LogP contribution is 2.39. The molecule has 112 valence electrons. The van der Waals surface area contributed by atoms with Gasteiger partial charge in [0, 0.05) is 16.6 Å². The van der Waals surface area contributed by atoms with Gasteiger partial charge in [-0.05, 0) is 63.1 Å². The topological polar surface area (TPSA) is 12.0 Å². The summed E-state index contributed by atoms with van der Waals surface area (Å²) < 4.78 is 1.17. The SMILES string of the molecule is CC(C)(C)NCC1(Cc2ccc(Br)cc2)CCCCC1. The molecule has 20 heavy (non-hydrogen) atoms. The molecule has 0 unspecified atom stereocenters. The number of halogens is 1. The standard InChI is InChI=1S/C18H28BrN/c1-17(2,3)20-14-18(11-5-4-6-12-18)13-15-7-9-16(19)10-8-15/h7-10,20H,4-6,11-14H2,1-3H3. The van der Waals surface area contributed by atoms with Crippen LogP contribution >= 0.6 is 15.9 Å². The maximum atomic E-state index is 3.75. The molecule has 0 atom stereocenters. The van der Waals surface area contributed by atoms with E-state index < -0.39 is 0 Å². The highest BCUT2D eigenvalue weighted by atomic mass is 79.9. The van der Waals surface area contributed by atoms with Gasteiger partial charge in [-0.3, -0.25) is 0 Å². The fourth-order valence-corrected chi connectivity index (χ4v) is 3.47. The lowest BCUT2D eigenvalue weighted by molar-refractivity contribution is 0.165. The molecule has 2 heteroatoms. The average Bonchev–Trinajstić information content (AvgIpc) is 2.40. The van der Waals surface area contributed by atoms with E-state index in [1.165, 1.54) is 48.6 Å². The molecule has 0 spiro atoms. The Hall–Kier alpha value is -0.340. The van der Waals surface area contributed by atoms with Crippen LogP contribution in [0.5, 0.6) is 0 Å². The van der Waals surface area contributed by atoms with Crippen molar-refractivity contribution in [3.8, 4) is 0 Å². The molecule has 0 aromatic heterocycles. The number of benzene rings is 1. The lowest BCUT2D eigenvalue weighted by Crippen LogP contribution is -2.45. The van der Waals surface area contributed by atoms with Crippen molar-refractivity contribution in [2.24, 2.45) is 5.41 Å². The summed E-state index contributed by atoms with van der Waals surface area (Å²) in [6, 6.07) is 8.89. The second-order valence-corrected chi connectivity index (χ2v) is 8.38. The summed E-state index contributed by atoms with van der Waals surface area (Å²) in [6.07, 6.45) is 8.14. The first-order valence-electron chi connectivity index (χ1n) is 7.88. The zero-order chi connectivity index (χ0) is 14.6. The van der Waals surface area contributed by atoms with Crippen LogP contribution in [-0.2, 0) is 6.42 Å². The molecule has 0 bridgehead atoms. The summed E-state index contributed by atoms with van der Waals surface area (Å²) in [5.74, 6) is 0. The molecule has 1 N–H and O–H groups in total. The van der Waals surface area contributed by atoms with Crippen molar-refractivity contribution >= 4 is 15.9 Å². The summed E-state index contributed by atoms with van der Waals surface area (Å²) in [6.45, 7) is 7.95. The molecule has 1 fully saturated rings. The molecule has 0 amide bonds. The van der Waals surface area contributed by atoms with Gasteiger partial charge in [-0.25, -0.2) is 0 Å². The van der Waals surface area contributed by atoms with Crippen molar-refractivity contribution in [2.45, 2.75) is 64.8 Å². The molecule has 1 aromatic carbocycles. The zero-order valence-corrected chi connectivity index (χ0v) is 14.7. The summed E-state index contributed by atoms with van der Waals surface area (Å²) in [5, 5.41) is 3.75. The Balaban J connectivity index is 2.08. The monoisotopic (exact) mass is 337 g/mol. The molecular weight excluding hydrogens is 310 g/mol. The summed E-state index contributed by atoms with van der Waals surface area (Å²) >= 11 is 3.53. The van der Waals surface area contributed by atoms with E-state index in [0.29, 0.717) is 5.41 Å². The summed E-state index contributed by atoms with van der Waals surface area (Å²) in [4.78, 5) is 0. The largest absolute Gasteiger partial charge is 0.312 e. The van der Waals surface area contributed by atoms with Gasteiger partial charge in [0.25, 0.3) is 0 Å². The maximum absolute atomic E-state index is 3.75. The molecule has 2 rings (SSSR count). The van der Waals surface area contributed by atoms with Gasteiger partial charge in [0.2, 0.25) is 0 Å². The van der Waals surface area contributed by atoms with E-state index >= 15 is 0 Å². The van der Waals surface area contributed by atoms with Crippen molar-refractivity contribution < 1.29 is 0 Å². The molecule has 1 aliphatic rings. The molecule has 1 aromatic rings. The minimum Gasteiger partial charge on any atom is -0.312 e. The number of hydrogen-bond acceptors (Lipinski definition) is 1. The fourth-order valence-electron chi connectivity index (χ4n) is 3.21. The van der Waals surface area contributed by atoms with Crippen LogP contribution in [0.1, 0.15) is 58.4 Å². The van der Waals surface area contributed by atoms with E-state index in [9.17, 15) is 0 Å². The minimum absolute atomic E-state index is 0.212. The predicted octanol–water partition coefficient (Wildman–Crippen LogP) is 5.33. The van der Waals surface area contributed by atoms with E-state index in [-0.39, 0.29) is 5.54 Å². The van der Waals surface area contributed by atoms with E-state index in [4.69, 9.17) is 0 Å². The highest BCUT2D eigenvalue weighted by Gasteiger charge is 2.33. The Morgan fingerprint density at radius 3 is 2.20 bits per heavy atom. The lowest BCUT2D eigenvalue weighted by atomic mass is 9.70. The van der Waals surface area contributed by atoms with Crippen molar-refractivity contribution in [3.05, 3.63) is 34.3 Å². The van der Waals surface area contributed by atoms with Crippen LogP contribution in [0.3, 0.4) is 0 Å². The third-order valence-corrected chi connectivity index (χ3v) is 4.93. The average molecular weight is 338 g/mol. The molecule has 0 heterocycles. The van der Waals surface area contributed by atoms with Crippen LogP contribution in [0.4, 0.5) is 0 Å². The van der Waals surface area contributed by atoms with E-state index in [0.717, 1.165) is 6.54 Å². The Morgan fingerprint density at radius 2 is 1.65 bits per heavy atom. The van der Waals surface area contributed by atoms with E-state index in [1.54, 1.807) is 0 Å². The Kier molecular flexibility index (Phi) is 5.30. The first-order chi connectivity index (χ1) is 9.39. The van der Waals surface area contributed by atoms with Gasteiger partial charge in [-0.1, -0.05) is 47.3 Å². The molecule has 0 saturated heterocycles. The Morgan fingerprint density at radius 1 is 1.05 bits per heavy atom. The second-order valence-electron chi connectivity index (χ2n) is 7.47. The smallest absolute Gasteiger partial charge is 0.0175 e. The Labute approximate surface area is 132 Å². The van der Waals surface area contributed by atoms with Gasteiger partial charge in [0.05, 0.1) is 0 Å². The van der Waals surface area contributed by atoms with Gasteiger partial charge >= 0.3 is 0 Å². The van der Waals surface area contributed by atoms with Crippen molar-refractivity contribution in [3.63, 3.8) is 0 Å². The first-order valence-corrected chi connectivity index (χ1v) is 8.67. The van der Waals surface area contributed by atoms with Crippen LogP contribution in [0.15, 0.2) is 28.7 Å². The fraction of sp³-hybridized carbons (Fsp3) is 0.667. The molecule has 1 saturated carbocycles. The quantitative estimate of drug-likeness (QED) is 0.782. The second kappa shape index (κ2) is 6.62. The van der Waals surface area contributed by atoms with Gasteiger partial charge in [0.1, 0.15) is 0 Å². The molecular formula is C18H28BrN. The van der Waals surface area contributed by atoms with Crippen LogP contribution in [0.2, 0.25) is 0 Å². The summed E-state index contributed by atoms with van der Waals surface area (Å²) in [5.41, 5.74) is 2.15. The maximum Gasteiger partial charge on any atom is 0.0175 e.